The van der Waals surface area contributed by atoms with Crippen molar-refractivity contribution < 1.29 is 14.7 Å². The van der Waals surface area contributed by atoms with Gasteiger partial charge in [0.25, 0.3) is 0 Å². The maximum Gasteiger partial charge on any atom is 0.303 e. The van der Waals surface area contributed by atoms with E-state index in [9.17, 15) is 9.59 Å². The first-order chi connectivity index (χ1) is 9.08. The molecule has 2 N–H and O–H groups in total. The smallest absolute Gasteiger partial charge is 0.303 e. The minimum absolute atomic E-state index is 0.133. The zero-order valence-electron chi connectivity index (χ0n) is 12.0. The molecule has 0 heterocycles. The summed E-state index contributed by atoms with van der Waals surface area (Å²) < 4.78 is 0. The predicted octanol–water partition coefficient (Wildman–Crippen LogP) is 2.96. The molecular weight excluding hydrogens is 242 g/mol. The third kappa shape index (κ3) is 7.85. The molecule has 4 nitrogen and oxygen atoms in total. The van der Waals surface area contributed by atoms with Gasteiger partial charge in [-0.15, -0.1) is 0 Å². The minimum atomic E-state index is -0.767. The largest absolute Gasteiger partial charge is 0.481 e. The van der Waals surface area contributed by atoms with E-state index in [2.05, 4.69) is 5.32 Å². The molecule has 0 saturated heterocycles. The summed E-state index contributed by atoms with van der Waals surface area (Å²) in [7, 11) is 0. The molecular formula is C15H27NO3. The number of carbonyl (C=O) groups excluding carboxylic acids is 1. The number of carboxylic acids is 1. The average Bonchev–Trinajstić information content (AvgIpc) is 2.62. The highest BCUT2D eigenvalue weighted by Gasteiger charge is 2.16. The summed E-state index contributed by atoms with van der Waals surface area (Å²) in [6, 6.07) is 0. The van der Waals surface area contributed by atoms with Crippen molar-refractivity contribution >= 4 is 11.9 Å². The fourth-order valence-corrected chi connectivity index (χ4v) is 2.66. The lowest BCUT2D eigenvalue weighted by Gasteiger charge is -2.15. The molecule has 0 aliphatic heterocycles. The molecule has 110 valence electrons. The van der Waals surface area contributed by atoms with Crippen LogP contribution in [0.5, 0.6) is 0 Å². The maximum atomic E-state index is 11.8. The van der Waals surface area contributed by atoms with Crippen molar-refractivity contribution in [1.29, 1.82) is 0 Å². The molecule has 1 unspecified atom stereocenters. The van der Waals surface area contributed by atoms with Gasteiger partial charge < -0.3 is 10.4 Å². The van der Waals surface area contributed by atoms with Gasteiger partial charge >= 0.3 is 5.97 Å². The second-order valence-electron chi connectivity index (χ2n) is 5.90. The average molecular weight is 269 g/mol. The van der Waals surface area contributed by atoms with Gasteiger partial charge in [-0.05, 0) is 31.1 Å². The minimum Gasteiger partial charge on any atom is -0.481 e. The van der Waals surface area contributed by atoms with Crippen LogP contribution in [-0.4, -0.2) is 23.5 Å². The van der Waals surface area contributed by atoms with Gasteiger partial charge in [0, 0.05) is 19.4 Å². The quantitative estimate of drug-likeness (QED) is 0.698. The topological polar surface area (TPSA) is 66.4 Å². The highest BCUT2D eigenvalue weighted by atomic mass is 16.4. The lowest BCUT2D eigenvalue weighted by molar-refractivity contribution is -0.137. The first-order valence-electron chi connectivity index (χ1n) is 7.56. The van der Waals surface area contributed by atoms with Gasteiger partial charge in [0.15, 0.2) is 0 Å². The summed E-state index contributed by atoms with van der Waals surface area (Å²) in [4.78, 5) is 22.3. The van der Waals surface area contributed by atoms with Crippen molar-refractivity contribution in [3.8, 4) is 0 Å². The van der Waals surface area contributed by atoms with Crippen LogP contribution in [0.2, 0.25) is 0 Å². The van der Waals surface area contributed by atoms with E-state index < -0.39 is 5.97 Å². The van der Waals surface area contributed by atoms with Crippen LogP contribution < -0.4 is 5.32 Å². The second-order valence-corrected chi connectivity index (χ2v) is 5.90. The lowest BCUT2D eigenvalue weighted by atomic mass is 9.96. The molecule has 0 bridgehead atoms. The SMILES string of the molecule is CC(CCC(=O)O)CNC(=O)CC1CCCCCC1. The Morgan fingerprint density at radius 2 is 1.84 bits per heavy atom. The van der Waals surface area contributed by atoms with Crippen LogP contribution in [-0.2, 0) is 9.59 Å². The molecule has 1 amide bonds. The van der Waals surface area contributed by atoms with Gasteiger partial charge in [-0.2, -0.15) is 0 Å². The van der Waals surface area contributed by atoms with Crippen LogP contribution in [0.3, 0.4) is 0 Å². The Labute approximate surface area is 116 Å². The van der Waals surface area contributed by atoms with Gasteiger partial charge in [-0.3, -0.25) is 9.59 Å². The van der Waals surface area contributed by atoms with Crippen LogP contribution in [0.1, 0.15) is 64.7 Å². The molecule has 1 aliphatic carbocycles. The van der Waals surface area contributed by atoms with E-state index in [0.717, 1.165) is 0 Å². The molecule has 19 heavy (non-hydrogen) atoms. The molecule has 1 fully saturated rings. The summed E-state index contributed by atoms with van der Waals surface area (Å²) >= 11 is 0. The molecule has 1 saturated carbocycles. The molecule has 0 radical (unpaired) electrons. The fourth-order valence-electron chi connectivity index (χ4n) is 2.66. The van der Waals surface area contributed by atoms with E-state index in [1.807, 2.05) is 6.92 Å². The number of rotatable bonds is 7. The van der Waals surface area contributed by atoms with Gasteiger partial charge in [0.1, 0.15) is 0 Å². The van der Waals surface area contributed by atoms with Crippen molar-refractivity contribution in [2.75, 3.05) is 6.54 Å². The Morgan fingerprint density at radius 3 is 2.42 bits per heavy atom. The van der Waals surface area contributed by atoms with Crippen molar-refractivity contribution in [3.05, 3.63) is 0 Å². The van der Waals surface area contributed by atoms with E-state index in [-0.39, 0.29) is 18.2 Å². The predicted molar refractivity (Wildman–Crippen MR) is 74.9 cm³/mol. The number of aliphatic carboxylic acids is 1. The van der Waals surface area contributed by atoms with Gasteiger partial charge in [0.2, 0.25) is 5.91 Å². The van der Waals surface area contributed by atoms with Crippen molar-refractivity contribution in [3.63, 3.8) is 0 Å². The molecule has 1 rings (SSSR count). The standard InChI is InChI=1S/C15H27NO3/c1-12(8-9-15(18)19)11-16-14(17)10-13-6-4-2-3-5-7-13/h12-13H,2-11H2,1H3,(H,16,17)(H,18,19). The van der Waals surface area contributed by atoms with Gasteiger partial charge in [-0.25, -0.2) is 0 Å². The van der Waals surface area contributed by atoms with Crippen LogP contribution in [0, 0.1) is 11.8 Å². The van der Waals surface area contributed by atoms with E-state index in [0.29, 0.717) is 25.3 Å². The number of hydrogen-bond donors (Lipinski definition) is 2. The third-order valence-corrected chi connectivity index (χ3v) is 3.95. The highest BCUT2D eigenvalue weighted by Crippen LogP contribution is 2.25. The summed E-state index contributed by atoms with van der Waals surface area (Å²) in [5.41, 5.74) is 0. The Balaban J connectivity index is 2.14. The van der Waals surface area contributed by atoms with Gasteiger partial charge in [-0.1, -0.05) is 32.6 Å². The second kappa shape index (κ2) is 8.94. The Kier molecular flexibility index (Phi) is 7.53. The summed E-state index contributed by atoms with van der Waals surface area (Å²) in [5, 5.41) is 11.5. The third-order valence-electron chi connectivity index (χ3n) is 3.95. The van der Waals surface area contributed by atoms with E-state index >= 15 is 0 Å². The molecule has 0 aromatic rings. The zero-order valence-corrected chi connectivity index (χ0v) is 12.0. The van der Waals surface area contributed by atoms with Crippen LogP contribution >= 0.6 is 0 Å². The number of amides is 1. The normalized spacial score (nSPS) is 18.6. The van der Waals surface area contributed by atoms with Crippen LogP contribution in [0.15, 0.2) is 0 Å². The number of carbonyl (C=O) groups is 2. The number of nitrogens with one attached hydrogen (secondary N) is 1. The summed E-state index contributed by atoms with van der Waals surface area (Å²) in [5.74, 6) is 0.150. The van der Waals surface area contributed by atoms with Crippen molar-refractivity contribution in [1.82, 2.24) is 5.32 Å². The molecule has 1 atom stereocenters. The first-order valence-corrected chi connectivity index (χ1v) is 7.56. The molecule has 0 aromatic carbocycles. The summed E-state index contributed by atoms with van der Waals surface area (Å²) in [6.07, 6.45) is 8.95. The monoisotopic (exact) mass is 269 g/mol. The van der Waals surface area contributed by atoms with E-state index in [1.54, 1.807) is 0 Å². The molecule has 0 aromatic heterocycles. The van der Waals surface area contributed by atoms with Crippen molar-refractivity contribution in [2.24, 2.45) is 11.8 Å². The zero-order chi connectivity index (χ0) is 14.1. The van der Waals surface area contributed by atoms with Crippen molar-refractivity contribution in [2.45, 2.75) is 64.7 Å². The molecule has 4 heteroatoms. The Bertz CT molecular complexity index is 283. The number of carboxylic acid groups (broad SMARTS) is 1. The highest BCUT2D eigenvalue weighted by molar-refractivity contribution is 5.76. The lowest BCUT2D eigenvalue weighted by Crippen LogP contribution is -2.30. The Morgan fingerprint density at radius 1 is 1.21 bits per heavy atom. The van der Waals surface area contributed by atoms with Crippen LogP contribution in [0.4, 0.5) is 0 Å². The number of hydrogen-bond acceptors (Lipinski definition) is 2. The van der Waals surface area contributed by atoms with Crippen LogP contribution in [0.25, 0.3) is 0 Å². The van der Waals surface area contributed by atoms with E-state index in [4.69, 9.17) is 5.11 Å². The van der Waals surface area contributed by atoms with E-state index in [1.165, 1.54) is 38.5 Å². The van der Waals surface area contributed by atoms with Gasteiger partial charge in [0.05, 0.1) is 0 Å². The maximum absolute atomic E-state index is 11.8. The molecule has 1 aliphatic rings. The summed E-state index contributed by atoms with van der Waals surface area (Å²) in [6.45, 7) is 2.58. The fraction of sp³-hybridized carbons (Fsp3) is 0.867. The first kappa shape index (κ1) is 16.0. The molecule has 0 spiro atoms. The Hall–Kier alpha value is -1.06.